The Bertz CT molecular complexity index is 1290. The Morgan fingerprint density at radius 2 is 2.13 bits per heavy atom. The number of benzene rings is 1. The Hall–Kier alpha value is -2.84. The van der Waals surface area contributed by atoms with Crippen molar-refractivity contribution in [1.29, 1.82) is 0 Å². The van der Waals surface area contributed by atoms with Crippen molar-refractivity contribution in [3.05, 3.63) is 35.2 Å². The van der Waals surface area contributed by atoms with Crippen molar-refractivity contribution in [1.82, 2.24) is 19.0 Å². The van der Waals surface area contributed by atoms with Crippen LogP contribution in [0.1, 0.15) is 30.1 Å². The molecule has 8 heteroatoms. The van der Waals surface area contributed by atoms with Gasteiger partial charge in [-0.25, -0.2) is 4.98 Å². The van der Waals surface area contributed by atoms with Crippen LogP contribution in [0.3, 0.4) is 0 Å². The molecule has 4 aromatic rings. The number of fused-ring (bicyclic) bond motifs is 2. The first kappa shape index (κ1) is 20.1. The summed E-state index contributed by atoms with van der Waals surface area (Å²) < 4.78 is 10.0. The monoisotopic (exact) mass is 437 g/mol. The molecule has 1 aliphatic carbocycles. The summed E-state index contributed by atoms with van der Waals surface area (Å²) in [5, 5.41) is 3.33. The number of rotatable bonds is 5. The number of amides is 1. The highest BCUT2D eigenvalue weighted by atomic mass is 32.1. The van der Waals surface area contributed by atoms with Gasteiger partial charge in [0.2, 0.25) is 0 Å². The molecule has 1 aromatic carbocycles. The molecule has 1 amide bonds. The molecule has 3 heterocycles. The molecule has 2 N–H and O–H groups in total. The first-order chi connectivity index (χ1) is 14.9. The van der Waals surface area contributed by atoms with Crippen molar-refractivity contribution < 1.29 is 9.53 Å². The molecule has 0 spiro atoms. The molecule has 31 heavy (non-hydrogen) atoms. The van der Waals surface area contributed by atoms with Crippen molar-refractivity contribution in [2.75, 3.05) is 14.2 Å². The molecule has 0 unspecified atom stereocenters. The van der Waals surface area contributed by atoms with Gasteiger partial charge in [0, 0.05) is 43.7 Å². The van der Waals surface area contributed by atoms with Gasteiger partial charge in [0.25, 0.3) is 5.91 Å². The average molecular weight is 438 g/mol. The highest BCUT2D eigenvalue weighted by molar-refractivity contribution is 7.16. The summed E-state index contributed by atoms with van der Waals surface area (Å²) in [5.41, 5.74) is 9.21. The molecule has 0 aliphatic heterocycles. The Morgan fingerprint density at radius 1 is 1.35 bits per heavy atom. The SMILES string of the molecule is CCn1c(-c2nc3cc(C(=O)N(C)C4CC(N)C4)cc(OC)c3n2C)cc2ccsc21. The van der Waals surface area contributed by atoms with Gasteiger partial charge in [-0.3, -0.25) is 4.79 Å². The lowest BCUT2D eigenvalue weighted by atomic mass is 9.86. The van der Waals surface area contributed by atoms with Crippen LogP contribution < -0.4 is 10.5 Å². The lowest BCUT2D eigenvalue weighted by Crippen LogP contribution is -2.51. The fourth-order valence-electron chi connectivity index (χ4n) is 4.61. The second-order valence-electron chi connectivity index (χ2n) is 8.30. The van der Waals surface area contributed by atoms with Gasteiger partial charge in [0.1, 0.15) is 16.1 Å². The Morgan fingerprint density at radius 3 is 2.81 bits per heavy atom. The number of nitrogens with zero attached hydrogens (tertiary/aromatic N) is 4. The van der Waals surface area contributed by atoms with Gasteiger partial charge in [0.15, 0.2) is 5.82 Å². The number of imidazole rings is 1. The summed E-state index contributed by atoms with van der Waals surface area (Å²) in [6.07, 6.45) is 1.70. The molecular weight excluding hydrogens is 410 g/mol. The molecular formula is C23H27N5O2S. The number of ether oxygens (including phenoxy) is 1. The van der Waals surface area contributed by atoms with Crippen molar-refractivity contribution in [2.45, 2.75) is 38.4 Å². The second kappa shape index (κ2) is 7.39. The summed E-state index contributed by atoms with van der Waals surface area (Å²) in [6, 6.07) is 8.41. The number of thiophene rings is 1. The number of aryl methyl sites for hydroxylation is 2. The second-order valence-corrected chi connectivity index (χ2v) is 9.19. The number of nitrogens with two attached hydrogens (primary N) is 1. The molecule has 0 bridgehead atoms. The third-order valence-corrected chi connectivity index (χ3v) is 7.42. The predicted octanol–water partition coefficient (Wildman–Crippen LogP) is 3.85. The Labute approximate surface area is 185 Å². The minimum Gasteiger partial charge on any atom is -0.494 e. The third-order valence-electron chi connectivity index (χ3n) is 6.47. The zero-order valence-corrected chi connectivity index (χ0v) is 19.1. The standard InChI is InChI=1S/C23H27N5O2S/c1-5-28-18(9-13-6-7-31-23(13)28)21-25-17-8-14(10-19(30-4)20(17)27(21)3)22(29)26(2)16-11-15(24)12-16/h6-10,15-16H,5,11-12,24H2,1-4H3. The number of carbonyl (C=O) groups excluding carboxylic acids is 1. The van der Waals surface area contributed by atoms with Gasteiger partial charge in [-0.1, -0.05) is 0 Å². The van der Waals surface area contributed by atoms with Crippen LogP contribution in [0.15, 0.2) is 29.6 Å². The van der Waals surface area contributed by atoms with E-state index >= 15 is 0 Å². The molecule has 162 valence electrons. The lowest BCUT2D eigenvalue weighted by Gasteiger charge is -2.39. The average Bonchev–Trinajstić information content (AvgIpc) is 3.42. The maximum absolute atomic E-state index is 13.1. The number of hydrogen-bond donors (Lipinski definition) is 1. The van der Waals surface area contributed by atoms with E-state index in [1.54, 1.807) is 23.3 Å². The van der Waals surface area contributed by atoms with E-state index in [0.29, 0.717) is 11.3 Å². The van der Waals surface area contributed by atoms with E-state index in [0.717, 1.165) is 41.9 Å². The topological polar surface area (TPSA) is 78.3 Å². The summed E-state index contributed by atoms with van der Waals surface area (Å²) in [7, 11) is 5.48. The van der Waals surface area contributed by atoms with Crippen LogP contribution in [0, 0.1) is 0 Å². The lowest BCUT2D eigenvalue weighted by molar-refractivity contribution is 0.0625. The fourth-order valence-corrected chi connectivity index (χ4v) is 5.57. The highest BCUT2D eigenvalue weighted by Crippen LogP contribution is 2.36. The van der Waals surface area contributed by atoms with Crippen LogP contribution in [0.2, 0.25) is 0 Å². The van der Waals surface area contributed by atoms with E-state index in [4.69, 9.17) is 15.5 Å². The summed E-state index contributed by atoms with van der Waals surface area (Å²) >= 11 is 1.74. The van der Waals surface area contributed by atoms with Crippen LogP contribution in [-0.4, -0.2) is 51.2 Å². The van der Waals surface area contributed by atoms with Crippen LogP contribution in [0.5, 0.6) is 5.75 Å². The smallest absolute Gasteiger partial charge is 0.254 e. The molecule has 0 saturated heterocycles. The summed E-state index contributed by atoms with van der Waals surface area (Å²) in [6.45, 7) is 3.00. The highest BCUT2D eigenvalue weighted by Gasteiger charge is 2.32. The maximum atomic E-state index is 13.1. The van der Waals surface area contributed by atoms with Crippen molar-refractivity contribution in [3.63, 3.8) is 0 Å². The van der Waals surface area contributed by atoms with Gasteiger partial charge in [-0.2, -0.15) is 0 Å². The molecule has 3 aromatic heterocycles. The fraction of sp³-hybridized carbons (Fsp3) is 0.391. The normalized spacial score (nSPS) is 18.5. The number of carbonyl (C=O) groups is 1. The van der Waals surface area contributed by atoms with Crippen LogP contribution in [-0.2, 0) is 13.6 Å². The van der Waals surface area contributed by atoms with Gasteiger partial charge in [-0.05, 0) is 49.4 Å². The van der Waals surface area contributed by atoms with E-state index in [-0.39, 0.29) is 18.0 Å². The van der Waals surface area contributed by atoms with Gasteiger partial charge in [0.05, 0.1) is 18.3 Å². The molecule has 1 saturated carbocycles. The zero-order chi connectivity index (χ0) is 21.9. The first-order valence-electron chi connectivity index (χ1n) is 10.6. The third kappa shape index (κ3) is 3.04. The summed E-state index contributed by atoms with van der Waals surface area (Å²) in [4.78, 5) is 21.1. The van der Waals surface area contributed by atoms with Crippen LogP contribution in [0.25, 0.3) is 32.8 Å². The number of aromatic nitrogens is 3. The molecule has 1 fully saturated rings. The first-order valence-corrected chi connectivity index (χ1v) is 11.4. The maximum Gasteiger partial charge on any atom is 0.254 e. The molecule has 5 rings (SSSR count). The quantitative estimate of drug-likeness (QED) is 0.514. The molecule has 1 aliphatic rings. The largest absolute Gasteiger partial charge is 0.494 e. The minimum atomic E-state index is -0.0262. The van der Waals surface area contributed by atoms with Crippen molar-refractivity contribution in [3.8, 4) is 17.3 Å². The van der Waals surface area contributed by atoms with E-state index in [1.165, 1.54) is 10.2 Å². The van der Waals surface area contributed by atoms with Crippen LogP contribution in [0.4, 0.5) is 0 Å². The number of methoxy groups -OCH3 is 1. The van der Waals surface area contributed by atoms with E-state index in [9.17, 15) is 4.79 Å². The Kier molecular flexibility index (Phi) is 4.79. The van der Waals surface area contributed by atoms with E-state index < -0.39 is 0 Å². The molecule has 0 atom stereocenters. The van der Waals surface area contributed by atoms with Gasteiger partial charge in [-0.15, -0.1) is 11.3 Å². The van der Waals surface area contributed by atoms with E-state index in [2.05, 4.69) is 33.6 Å². The molecule has 0 radical (unpaired) electrons. The summed E-state index contributed by atoms with van der Waals surface area (Å²) in [5.74, 6) is 1.49. The predicted molar refractivity (Wildman–Crippen MR) is 125 cm³/mol. The van der Waals surface area contributed by atoms with Crippen LogP contribution >= 0.6 is 11.3 Å². The van der Waals surface area contributed by atoms with Crippen molar-refractivity contribution in [2.24, 2.45) is 12.8 Å². The molecule has 7 nitrogen and oxygen atoms in total. The van der Waals surface area contributed by atoms with Gasteiger partial charge >= 0.3 is 0 Å². The minimum absolute atomic E-state index is 0.0262. The van der Waals surface area contributed by atoms with Crippen molar-refractivity contribution >= 4 is 38.5 Å². The number of hydrogen-bond acceptors (Lipinski definition) is 5. The van der Waals surface area contributed by atoms with E-state index in [1.807, 2.05) is 26.2 Å². The zero-order valence-electron chi connectivity index (χ0n) is 18.3. The van der Waals surface area contributed by atoms with Gasteiger partial charge < -0.3 is 24.5 Å². The Balaban J connectivity index is 1.61.